The summed E-state index contributed by atoms with van der Waals surface area (Å²) in [6.45, 7) is 0. The summed E-state index contributed by atoms with van der Waals surface area (Å²) in [5.74, 6) is -1.08. The Kier molecular flexibility index (Phi) is 4.42. The van der Waals surface area contributed by atoms with Gasteiger partial charge < -0.3 is 0 Å². The molecule has 0 heterocycles. The van der Waals surface area contributed by atoms with Crippen molar-refractivity contribution in [1.29, 1.82) is 0 Å². The van der Waals surface area contributed by atoms with Gasteiger partial charge in [0.15, 0.2) is 0 Å². The predicted octanol–water partition coefficient (Wildman–Crippen LogP) is -0.246. The number of carboxylic acids is 1. The van der Waals surface area contributed by atoms with Gasteiger partial charge in [0.1, 0.15) is 0 Å². The van der Waals surface area contributed by atoms with Crippen LogP contribution in [0.15, 0.2) is 24.3 Å². The van der Waals surface area contributed by atoms with E-state index in [1.807, 2.05) is 0 Å². The molecular weight excluding hydrogens is 279 g/mol. The molecule has 0 radical (unpaired) electrons. The van der Waals surface area contributed by atoms with E-state index in [1.54, 1.807) is 18.2 Å². The normalized spacial score (nSPS) is 12.1. The van der Waals surface area contributed by atoms with Gasteiger partial charge in [-0.1, -0.05) is 0 Å². The number of hydrogen-bond donors (Lipinski definition) is 2. The second kappa shape index (κ2) is 5.60. The van der Waals surface area contributed by atoms with E-state index in [0.29, 0.717) is 4.46 Å². The van der Waals surface area contributed by atoms with Crippen LogP contribution in [0.1, 0.15) is 0 Å². The Balaban J connectivity index is 2.74. The summed E-state index contributed by atoms with van der Waals surface area (Å²) in [6, 6.07) is 5.35. The Morgan fingerprint density at radius 2 is 2.19 bits per heavy atom. The molecule has 1 rings (SSSR count). The molecule has 1 atom stereocenters. The zero-order chi connectivity index (χ0) is 12.1. The van der Waals surface area contributed by atoms with E-state index in [0.717, 1.165) is 0 Å². The average Bonchev–Trinajstić information content (AvgIpc) is 2.25. The first-order valence-corrected chi connectivity index (χ1v) is 6.43. The molecule has 0 unspecified atom stereocenters. The molecule has 0 saturated carbocycles. The summed E-state index contributed by atoms with van der Waals surface area (Å²) in [6.07, 6.45) is 0. The Morgan fingerprint density at radius 1 is 1.56 bits per heavy atom. The van der Waals surface area contributed by atoms with Crippen LogP contribution in [-0.4, -0.2) is 37.0 Å². The Morgan fingerprint density at radius 3 is 2.75 bits per heavy atom. The van der Waals surface area contributed by atoms with Crippen LogP contribution in [0.25, 0.3) is 0 Å². The number of benzene rings is 1. The molecule has 0 saturated heterocycles. The molecule has 0 aliphatic heterocycles. The van der Waals surface area contributed by atoms with E-state index in [4.69, 9.17) is 10.8 Å². The zero-order valence-electron chi connectivity index (χ0n) is 8.20. The maximum absolute atomic E-state index is 10.7. The second-order valence-corrected chi connectivity index (χ2v) is 5.21. The van der Waals surface area contributed by atoms with E-state index >= 15 is 0 Å². The second-order valence-electron chi connectivity index (χ2n) is 2.98. The SMILES string of the molecule is N[C@@H](C[Se]c1ccccc1[N+](=O)[O-])C(=O)O. The quantitative estimate of drug-likeness (QED) is 0.442. The predicted molar refractivity (Wildman–Crippen MR) is 58.9 cm³/mol. The molecule has 0 aliphatic carbocycles. The zero-order valence-corrected chi connectivity index (χ0v) is 9.91. The van der Waals surface area contributed by atoms with Crippen molar-refractivity contribution in [2.24, 2.45) is 5.73 Å². The molecule has 0 aromatic heterocycles. The third-order valence-electron chi connectivity index (χ3n) is 1.80. The van der Waals surface area contributed by atoms with Crippen LogP contribution in [-0.2, 0) is 4.79 Å². The molecule has 0 aliphatic rings. The molecular formula is C9H10N2O4Se. The summed E-state index contributed by atoms with van der Waals surface area (Å²) < 4.78 is 0.566. The number of nitrogens with two attached hydrogens (primary N) is 1. The van der Waals surface area contributed by atoms with Crippen LogP contribution in [0.3, 0.4) is 0 Å². The van der Waals surface area contributed by atoms with Crippen molar-refractivity contribution in [1.82, 2.24) is 0 Å². The summed E-state index contributed by atoms with van der Waals surface area (Å²) in [7, 11) is 0. The molecule has 86 valence electrons. The number of carboxylic acid groups (broad SMARTS) is 1. The molecule has 0 amide bonds. The van der Waals surface area contributed by atoms with Crippen molar-refractivity contribution in [2.75, 3.05) is 0 Å². The van der Waals surface area contributed by atoms with E-state index < -0.39 is 16.9 Å². The third kappa shape index (κ3) is 3.30. The summed E-state index contributed by atoms with van der Waals surface area (Å²) in [4.78, 5) is 20.7. The van der Waals surface area contributed by atoms with Gasteiger partial charge in [0.2, 0.25) is 0 Å². The Hall–Kier alpha value is -1.43. The van der Waals surface area contributed by atoms with Crippen LogP contribution in [0.5, 0.6) is 0 Å². The Bertz CT molecular complexity index is 410. The minimum atomic E-state index is -1.08. The van der Waals surface area contributed by atoms with E-state index in [9.17, 15) is 14.9 Å². The van der Waals surface area contributed by atoms with Crippen molar-refractivity contribution < 1.29 is 14.8 Å². The molecule has 3 N–H and O–H groups in total. The van der Waals surface area contributed by atoms with Crippen LogP contribution in [0.2, 0.25) is 5.32 Å². The fraction of sp³-hybridized carbons (Fsp3) is 0.222. The van der Waals surface area contributed by atoms with Crippen molar-refractivity contribution >= 4 is 31.1 Å². The number of nitro groups is 1. The standard InChI is InChI=1S/C9H10N2O4Se/c10-6(9(12)13)5-16-8-4-2-1-3-7(8)11(14)15/h1-4,6H,5,10H2,(H,12,13)/t6-/m0/s1. The molecule has 16 heavy (non-hydrogen) atoms. The average molecular weight is 289 g/mol. The van der Waals surface area contributed by atoms with Gasteiger partial charge >= 0.3 is 97.4 Å². The Labute approximate surface area is 97.8 Å². The molecule has 1 aromatic rings. The van der Waals surface area contributed by atoms with Crippen molar-refractivity contribution in [3.8, 4) is 0 Å². The van der Waals surface area contributed by atoms with Crippen LogP contribution in [0.4, 0.5) is 5.69 Å². The first kappa shape index (κ1) is 12.6. The van der Waals surface area contributed by atoms with E-state index in [-0.39, 0.29) is 26.0 Å². The van der Waals surface area contributed by atoms with Gasteiger partial charge in [-0.25, -0.2) is 0 Å². The molecule has 0 spiro atoms. The number of nitrogens with zero attached hydrogens (tertiary/aromatic N) is 1. The minimum absolute atomic E-state index is 0.0279. The van der Waals surface area contributed by atoms with Crippen molar-refractivity contribution in [3.63, 3.8) is 0 Å². The van der Waals surface area contributed by atoms with Gasteiger partial charge in [0, 0.05) is 0 Å². The number of rotatable bonds is 5. The molecule has 1 aromatic carbocycles. The van der Waals surface area contributed by atoms with Gasteiger partial charge in [-0.15, -0.1) is 0 Å². The number of para-hydroxylation sites is 1. The molecule has 6 nitrogen and oxygen atoms in total. The van der Waals surface area contributed by atoms with Gasteiger partial charge in [0.25, 0.3) is 0 Å². The fourth-order valence-electron chi connectivity index (χ4n) is 0.981. The number of carbonyl (C=O) groups is 1. The van der Waals surface area contributed by atoms with Gasteiger partial charge in [0.05, 0.1) is 0 Å². The summed E-state index contributed by atoms with van der Waals surface area (Å²) in [5.41, 5.74) is 5.36. The third-order valence-corrected chi connectivity index (χ3v) is 4.28. The van der Waals surface area contributed by atoms with Gasteiger partial charge in [-0.05, 0) is 0 Å². The number of aliphatic carboxylic acids is 1. The van der Waals surface area contributed by atoms with Crippen molar-refractivity contribution in [2.45, 2.75) is 11.4 Å². The summed E-state index contributed by atoms with van der Waals surface area (Å²) in [5, 5.41) is 19.5. The fourth-order valence-corrected chi connectivity index (χ4v) is 3.01. The van der Waals surface area contributed by atoms with Crippen molar-refractivity contribution in [3.05, 3.63) is 34.4 Å². The van der Waals surface area contributed by atoms with E-state index in [2.05, 4.69) is 0 Å². The van der Waals surface area contributed by atoms with E-state index in [1.165, 1.54) is 6.07 Å². The first-order valence-electron chi connectivity index (χ1n) is 4.37. The maximum atomic E-state index is 10.7. The van der Waals surface area contributed by atoms with Crippen LogP contribution < -0.4 is 10.2 Å². The van der Waals surface area contributed by atoms with Crippen LogP contribution in [0, 0.1) is 10.1 Å². The topological polar surface area (TPSA) is 106 Å². The molecule has 0 bridgehead atoms. The molecule has 0 fully saturated rings. The van der Waals surface area contributed by atoms with Crippen LogP contribution >= 0.6 is 0 Å². The van der Waals surface area contributed by atoms with Gasteiger partial charge in [-0.2, -0.15) is 0 Å². The first-order chi connectivity index (χ1) is 7.52. The number of nitro benzene ring substituents is 1. The number of hydrogen-bond acceptors (Lipinski definition) is 4. The monoisotopic (exact) mass is 290 g/mol. The molecule has 7 heteroatoms. The summed E-state index contributed by atoms with van der Waals surface area (Å²) >= 11 is -0.304. The van der Waals surface area contributed by atoms with Gasteiger partial charge in [-0.3, -0.25) is 0 Å².